The summed E-state index contributed by atoms with van der Waals surface area (Å²) in [7, 11) is -1.08. The highest BCUT2D eigenvalue weighted by atomic mass is 32.2. The fourth-order valence-corrected chi connectivity index (χ4v) is 1.75. The van der Waals surface area contributed by atoms with E-state index in [4.69, 9.17) is 10.8 Å². The number of nitrogens with two attached hydrogens (primary N) is 1. The fourth-order valence-electron chi connectivity index (χ4n) is 0.583. The Labute approximate surface area is 68.2 Å². The number of carboxylic acid groups (broad SMARTS) is 1. The lowest BCUT2D eigenvalue weighted by Crippen LogP contribution is -2.35. The van der Waals surface area contributed by atoms with Crippen LogP contribution in [0.1, 0.15) is 13.3 Å². The van der Waals surface area contributed by atoms with Gasteiger partial charge < -0.3 is 10.8 Å². The molecule has 2 atom stereocenters. The lowest BCUT2D eigenvalue weighted by atomic mass is 10.4. The van der Waals surface area contributed by atoms with Crippen LogP contribution in [0.5, 0.6) is 0 Å². The van der Waals surface area contributed by atoms with Crippen molar-refractivity contribution in [2.75, 3.05) is 11.5 Å². The van der Waals surface area contributed by atoms with Crippen LogP contribution in [0.25, 0.3) is 0 Å². The van der Waals surface area contributed by atoms with Gasteiger partial charge in [0.15, 0.2) is 0 Å². The highest BCUT2D eigenvalue weighted by Crippen LogP contribution is 1.90. The second-order valence-corrected chi connectivity index (χ2v) is 3.88. The molecular weight excluding hydrogens is 166 g/mol. The summed E-state index contributed by atoms with van der Waals surface area (Å²) in [5.74, 6) is -0.501. The average molecular weight is 179 g/mol. The molecule has 4 nitrogen and oxygen atoms in total. The van der Waals surface area contributed by atoms with Crippen molar-refractivity contribution in [2.24, 2.45) is 5.73 Å². The van der Waals surface area contributed by atoms with Crippen molar-refractivity contribution < 1.29 is 14.1 Å². The van der Waals surface area contributed by atoms with Gasteiger partial charge in [0.05, 0.1) is 0 Å². The second kappa shape index (κ2) is 5.26. The van der Waals surface area contributed by atoms with Crippen molar-refractivity contribution in [3.63, 3.8) is 0 Å². The molecule has 1 unspecified atom stereocenters. The molecule has 0 saturated carbocycles. The molecule has 0 fully saturated rings. The molecule has 0 rings (SSSR count). The second-order valence-electron chi connectivity index (χ2n) is 2.26. The third-order valence-corrected chi connectivity index (χ3v) is 2.71. The summed E-state index contributed by atoms with van der Waals surface area (Å²) in [6, 6.07) is -0.984. The number of carboxylic acids is 1. The Bertz CT molecular complexity index is 160. The Kier molecular flexibility index (Phi) is 5.06. The topological polar surface area (TPSA) is 80.4 Å². The number of hydrogen-bond acceptors (Lipinski definition) is 3. The van der Waals surface area contributed by atoms with Gasteiger partial charge in [-0.15, -0.1) is 0 Å². The van der Waals surface area contributed by atoms with Crippen LogP contribution in [0, 0.1) is 0 Å². The van der Waals surface area contributed by atoms with E-state index in [0.717, 1.165) is 6.42 Å². The SMILES string of the molecule is CCCS(=O)C[C@@H](N)C(=O)O. The van der Waals surface area contributed by atoms with Crippen LogP contribution < -0.4 is 5.73 Å². The zero-order chi connectivity index (χ0) is 8.85. The predicted molar refractivity (Wildman–Crippen MR) is 43.8 cm³/mol. The van der Waals surface area contributed by atoms with Crippen LogP contribution in [0.4, 0.5) is 0 Å². The van der Waals surface area contributed by atoms with E-state index in [-0.39, 0.29) is 5.75 Å². The summed E-state index contributed by atoms with van der Waals surface area (Å²) in [6.45, 7) is 1.89. The van der Waals surface area contributed by atoms with Crippen LogP contribution in [0.2, 0.25) is 0 Å². The van der Waals surface area contributed by atoms with Crippen molar-refractivity contribution in [3.05, 3.63) is 0 Å². The highest BCUT2D eigenvalue weighted by molar-refractivity contribution is 7.85. The molecule has 0 aromatic rings. The quantitative estimate of drug-likeness (QED) is 0.599. The van der Waals surface area contributed by atoms with E-state index in [1.165, 1.54) is 0 Å². The zero-order valence-electron chi connectivity index (χ0n) is 6.45. The minimum atomic E-state index is -1.09. The molecule has 0 heterocycles. The van der Waals surface area contributed by atoms with Crippen LogP contribution in [-0.4, -0.2) is 32.8 Å². The van der Waals surface area contributed by atoms with Gasteiger partial charge in [0.25, 0.3) is 0 Å². The first-order valence-electron chi connectivity index (χ1n) is 3.41. The molecule has 0 aliphatic heterocycles. The maximum atomic E-state index is 10.9. The van der Waals surface area contributed by atoms with Gasteiger partial charge >= 0.3 is 5.97 Å². The maximum absolute atomic E-state index is 10.9. The Morgan fingerprint density at radius 1 is 1.73 bits per heavy atom. The van der Waals surface area contributed by atoms with E-state index in [1.54, 1.807) is 0 Å². The molecule has 0 radical (unpaired) electrons. The normalized spacial score (nSPS) is 15.8. The number of aliphatic carboxylic acids is 1. The van der Waals surface area contributed by atoms with E-state index in [9.17, 15) is 9.00 Å². The fraction of sp³-hybridized carbons (Fsp3) is 0.833. The minimum Gasteiger partial charge on any atom is -0.480 e. The summed E-state index contributed by atoms with van der Waals surface area (Å²) < 4.78 is 10.9. The molecule has 5 heteroatoms. The van der Waals surface area contributed by atoms with Gasteiger partial charge in [-0.25, -0.2) is 0 Å². The van der Waals surface area contributed by atoms with Crippen LogP contribution >= 0.6 is 0 Å². The molecule has 0 spiro atoms. The van der Waals surface area contributed by atoms with Crippen molar-refractivity contribution >= 4 is 16.8 Å². The van der Waals surface area contributed by atoms with E-state index < -0.39 is 22.8 Å². The van der Waals surface area contributed by atoms with Crippen LogP contribution in [0.3, 0.4) is 0 Å². The Hall–Kier alpha value is -0.420. The number of rotatable bonds is 5. The average Bonchev–Trinajstić information content (AvgIpc) is 1.87. The smallest absolute Gasteiger partial charge is 0.321 e. The lowest BCUT2D eigenvalue weighted by molar-refractivity contribution is -0.137. The molecular formula is C6H13NO3S. The zero-order valence-corrected chi connectivity index (χ0v) is 7.26. The van der Waals surface area contributed by atoms with Crippen LogP contribution in [0.15, 0.2) is 0 Å². The summed E-state index contributed by atoms with van der Waals surface area (Å²) in [6.07, 6.45) is 0.791. The van der Waals surface area contributed by atoms with Gasteiger partial charge in [-0.3, -0.25) is 9.00 Å². The summed E-state index contributed by atoms with van der Waals surface area (Å²) in [5, 5.41) is 8.34. The third-order valence-electron chi connectivity index (χ3n) is 1.11. The molecule has 0 amide bonds. The predicted octanol–water partition coefficient (Wildman–Crippen LogP) is -0.443. The first kappa shape index (κ1) is 10.6. The third kappa shape index (κ3) is 4.92. The van der Waals surface area contributed by atoms with Gasteiger partial charge in [0.1, 0.15) is 6.04 Å². The van der Waals surface area contributed by atoms with Gasteiger partial charge in [0, 0.05) is 22.3 Å². The number of carbonyl (C=O) groups is 1. The summed E-state index contributed by atoms with van der Waals surface area (Å²) in [5.41, 5.74) is 5.16. The Balaban J connectivity index is 3.66. The number of hydrogen-bond donors (Lipinski definition) is 2. The van der Waals surface area contributed by atoms with Gasteiger partial charge in [-0.1, -0.05) is 6.92 Å². The molecule has 66 valence electrons. The highest BCUT2D eigenvalue weighted by Gasteiger charge is 2.13. The van der Waals surface area contributed by atoms with E-state index in [0.29, 0.717) is 5.75 Å². The molecule has 0 aliphatic rings. The van der Waals surface area contributed by atoms with Gasteiger partial charge in [0.2, 0.25) is 0 Å². The Morgan fingerprint density at radius 2 is 2.27 bits per heavy atom. The van der Waals surface area contributed by atoms with Gasteiger partial charge in [-0.05, 0) is 6.42 Å². The van der Waals surface area contributed by atoms with Crippen LogP contribution in [-0.2, 0) is 15.6 Å². The standard InChI is InChI=1S/C6H13NO3S/c1-2-3-11(10)4-5(7)6(8)9/h5H,2-4,7H2,1H3,(H,8,9)/t5-,11?/m1/s1. The maximum Gasteiger partial charge on any atom is 0.321 e. The van der Waals surface area contributed by atoms with E-state index in [2.05, 4.69) is 0 Å². The first-order valence-corrected chi connectivity index (χ1v) is 4.90. The molecule has 0 aromatic carbocycles. The van der Waals surface area contributed by atoms with Gasteiger partial charge in [-0.2, -0.15) is 0 Å². The molecule has 11 heavy (non-hydrogen) atoms. The summed E-state index contributed by atoms with van der Waals surface area (Å²) in [4.78, 5) is 10.2. The van der Waals surface area contributed by atoms with E-state index in [1.807, 2.05) is 6.92 Å². The van der Waals surface area contributed by atoms with Crippen molar-refractivity contribution in [2.45, 2.75) is 19.4 Å². The first-order chi connectivity index (χ1) is 5.07. The van der Waals surface area contributed by atoms with Crippen molar-refractivity contribution in [3.8, 4) is 0 Å². The largest absolute Gasteiger partial charge is 0.480 e. The molecule has 0 aromatic heterocycles. The lowest BCUT2D eigenvalue weighted by Gasteiger charge is -2.04. The monoisotopic (exact) mass is 179 g/mol. The molecule has 3 N–H and O–H groups in total. The molecule has 0 bridgehead atoms. The molecule has 0 aliphatic carbocycles. The van der Waals surface area contributed by atoms with Crippen molar-refractivity contribution in [1.29, 1.82) is 0 Å². The summed E-state index contributed by atoms with van der Waals surface area (Å²) >= 11 is 0. The minimum absolute atomic E-state index is 0.0587. The van der Waals surface area contributed by atoms with E-state index >= 15 is 0 Å². The molecule has 0 saturated heterocycles. The van der Waals surface area contributed by atoms with Crippen molar-refractivity contribution in [1.82, 2.24) is 0 Å². The Morgan fingerprint density at radius 3 is 2.64 bits per heavy atom.